The first-order valence-electron chi connectivity index (χ1n) is 7.95. The maximum atomic E-state index is 12.2. The number of nitrogens with zero attached hydrogens (tertiary/aromatic N) is 6. The Hall–Kier alpha value is -2.22. The highest BCUT2D eigenvalue weighted by atomic mass is 16.3. The molecule has 0 saturated carbocycles. The first-order chi connectivity index (χ1) is 11.1. The van der Waals surface area contributed by atoms with Gasteiger partial charge in [0.1, 0.15) is 12.2 Å². The van der Waals surface area contributed by atoms with E-state index in [2.05, 4.69) is 15.4 Å². The van der Waals surface area contributed by atoms with Crippen LogP contribution in [-0.4, -0.2) is 53.8 Å². The van der Waals surface area contributed by atoms with Crippen LogP contribution in [0.5, 0.6) is 0 Å². The third kappa shape index (κ3) is 3.95. The van der Waals surface area contributed by atoms with E-state index < -0.39 is 6.10 Å². The Balaban J connectivity index is 1.47. The van der Waals surface area contributed by atoms with Crippen molar-refractivity contribution in [1.29, 1.82) is 0 Å². The predicted octanol–water partition coefficient (Wildman–Crippen LogP) is 0.467. The van der Waals surface area contributed by atoms with Crippen LogP contribution in [-0.2, 0) is 17.9 Å². The maximum absolute atomic E-state index is 12.2. The van der Waals surface area contributed by atoms with Gasteiger partial charge in [0, 0.05) is 32.0 Å². The van der Waals surface area contributed by atoms with Gasteiger partial charge in [-0.1, -0.05) is 5.21 Å². The van der Waals surface area contributed by atoms with Gasteiger partial charge in [-0.15, -0.1) is 5.10 Å². The Morgan fingerprint density at radius 2 is 2.17 bits per heavy atom. The van der Waals surface area contributed by atoms with E-state index in [1.807, 2.05) is 11.0 Å². The molecule has 1 N–H and O–H groups in total. The number of hydrogen-bond donors (Lipinski definition) is 1. The molecule has 0 aliphatic carbocycles. The molecule has 124 valence electrons. The largest absolute Gasteiger partial charge is 0.387 e. The second kappa shape index (κ2) is 6.91. The van der Waals surface area contributed by atoms with Crippen LogP contribution in [0.25, 0.3) is 0 Å². The SMILES string of the molecule is C[C@H](O)c1cn(CC2CCN(C(=O)Cn3cccn3)CC2)nn1. The van der Waals surface area contributed by atoms with E-state index in [1.165, 1.54) is 0 Å². The fraction of sp³-hybridized carbons (Fsp3) is 0.600. The summed E-state index contributed by atoms with van der Waals surface area (Å²) in [4.78, 5) is 14.1. The van der Waals surface area contributed by atoms with Gasteiger partial charge in [-0.3, -0.25) is 14.2 Å². The van der Waals surface area contributed by atoms with E-state index in [0.29, 0.717) is 18.2 Å². The van der Waals surface area contributed by atoms with Crippen molar-refractivity contribution in [1.82, 2.24) is 29.7 Å². The minimum Gasteiger partial charge on any atom is -0.387 e. The lowest BCUT2D eigenvalue weighted by molar-refractivity contribution is -0.133. The van der Waals surface area contributed by atoms with Crippen LogP contribution in [0.3, 0.4) is 0 Å². The normalized spacial score (nSPS) is 17.4. The summed E-state index contributed by atoms with van der Waals surface area (Å²) >= 11 is 0. The van der Waals surface area contributed by atoms with Crippen LogP contribution in [0.1, 0.15) is 31.6 Å². The van der Waals surface area contributed by atoms with Crippen LogP contribution in [0.4, 0.5) is 0 Å². The zero-order valence-electron chi connectivity index (χ0n) is 13.2. The molecule has 23 heavy (non-hydrogen) atoms. The van der Waals surface area contributed by atoms with Crippen molar-refractivity contribution in [3.8, 4) is 0 Å². The number of amides is 1. The Morgan fingerprint density at radius 1 is 1.39 bits per heavy atom. The van der Waals surface area contributed by atoms with E-state index in [4.69, 9.17) is 0 Å². The number of carbonyl (C=O) groups is 1. The fourth-order valence-corrected chi connectivity index (χ4v) is 2.86. The minimum absolute atomic E-state index is 0.115. The molecule has 2 aromatic rings. The van der Waals surface area contributed by atoms with Gasteiger partial charge < -0.3 is 10.0 Å². The quantitative estimate of drug-likeness (QED) is 0.865. The van der Waals surface area contributed by atoms with E-state index in [-0.39, 0.29) is 5.91 Å². The van der Waals surface area contributed by atoms with Crippen molar-refractivity contribution in [3.63, 3.8) is 0 Å². The Labute approximate surface area is 134 Å². The lowest BCUT2D eigenvalue weighted by atomic mass is 9.97. The summed E-state index contributed by atoms with van der Waals surface area (Å²) in [5.74, 6) is 0.594. The lowest BCUT2D eigenvalue weighted by Gasteiger charge is -2.31. The lowest BCUT2D eigenvalue weighted by Crippen LogP contribution is -2.41. The number of carbonyl (C=O) groups excluding carboxylic acids is 1. The van der Waals surface area contributed by atoms with Gasteiger partial charge in [-0.2, -0.15) is 5.10 Å². The van der Waals surface area contributed by atoms with Crippen LogP contribution in [0.15, 0.2) is 24.7 Å². The van der Waals surface area contributed by atoms with Crippen molar-refractivity contribution >= 4 is 5.91 Å². The van der Waals surface area contributed by atoms with Crippen molar-refractivity contribution in [3.05, 3.63) is 30.4 Å². The molecule has 1 saturated heterocycles. The average Bonchev–Trinajstić information content (AvgIpc) is 3.19. The molecule has 1 amide bonds. The van der Waals surface area contributed by atoms with Gasteiger partial charge in [0.05, 0.1) is 12.3 Å². The second-order valence-electron chi connectivity index (χ2n) is 6.07. The van der Waals surface area contributed by atoms with Crippen molar-refractivity contribution < 1.29 is 9.90 Å². The van der Waals surface area contributed by atoms with Crippen molar-refractivity contribution in [2.75, 3.05) is 13.1 Å². The molecule has 1 aliphatic heterocycles. The third-order valence-electron chi connectivity index (χ3n) is 4.25. The monoisotopic (exact) mass is 318 g/mol. The van der Waals surface area contributed by atoms with Gasteiger partial charge in [0.2, 0.25) is 5.91 Å². The zero-order chi connectivity index (χ0) is 16.2. The number of aliphatic hydroxyl groups is 1. The number of aliphatic hydroxyl groups excluding tert-OH is 1. The van der Waals surface area contributed by atoms with Gasteiger partial charge in [-0.25, -0.2) is 0 Å². The molecule has 0 unspecified atom stereocenters. The van der Waals surface area contributed by atoms with Gasteiger partial charge in [0.25, 0.3) is 0 Å². The standard InChI is InChI=1S/C15H22N6O2/c1-12(22)14-10-21(18-17-14)9-13-3-7-19(8-4-13)15(23)11-20-6-2-5-16-20/h2,5-6,10,12-13,22H,3-4,7-9,11H2,1H3/t12-/m0/s1. The molecule has 3 rings (SSSR count). The van der Waals surface area contributed by atoms with E-state index >= 15 is 0 Å². The summed E-state index contributed by atoms with van der Waals surface area (Å²) in [5, 5.41) is 21.6. The highest BCUT2D eigenvalue weighted by Gasteiger charge is 2.23. The van der Waals surface area contributed by atoms with E-state index in [9.17, 15) is 9.90 Å². The second-order valence-corrected chi connectivity index (χ2v) is 6.07. The van der Waals surface area contributed by atoms with Crippen LogP contribution >= 0.6 is 0 Å². The summed E-state index contributed by atoms with van der Waals surface area (Å²) in [6.45, 7) is 4.29. The highest BCUT2D eigenvalue weighted by Crippen LogP contribution is 2.19. The molecule has 0 spiro atoms. The van der Waals surface area contributed by atoms with Gasteiger partial charge in [-0.05, 0) is 31.7 Å². The first kappa shape index (κ1) is 15.7. The Bertz CT molecular complexity index is 628. The molecule has 0 aromatic carbocycles. The smallest absolute Gasteiger partial charge is 0.244 e. The molecule has 1 atom stereocenters. The van der Waals surface area contributed by atoms with Crippen LogP contribution in [0.2, 0.25) is 0 Å². The van der Waals surface area contributed by atoms with Crippen molar-refractivity contribution in [2.45, 2.75) is 39.0 Å². The molecule has 3 heterocycles. The maximum Gasteiger partial charge on any atom is 0.244 e. The Morgan fingerprint density at radius 3 is 2.78 bits per heavy atom. The molecule has 1 aliphatic rings. The molecule has 0 radical (unpaired) electrons. The topological polar surface area (TPSA) is 89.1 Å². The summed E-state index contributed by atoms with van der Waals surface area (Å²) < 4.78 is 3.44. The molecule has 0 bridgehead atoms. The summed E-state index contributed by atoms with van der Waals surface area (Å²) in [5.41, 5.74) is 0.594. The van der Waals surface area contributed by atoms with Crippen LogP contribution < -0.4 is 0 Å². The van der Waals surface area contributed by atoms with E-state index in [0.717, 1.165) is 32.5 Å². The summed E-state index contributed by atoms with van der Waals surface area (Å²) in [7, 11) is 0. The number of rotatable bonds is 5. The molecule has 8 heteroatoms. The van der Waals surface area contributed by atoms with E-state index in [1.54, 1.807) is 34.9 Å². The third-order valence-corrected chi connectivity index (χ3v) is 4.25. The summed E-state index contributed by atoms with van der Waals surface area (Å²) in [6.07, 6.45) is 6.59. The van der Waals surface area contributed by atoms with Gasteiger partial charge in [0.15, 0.2) is 0 Å². The number of hydrogen-bond acceptors (Lipinski definition) is 5. The van der Waals surface area contributed by atoms with Crippen molar-refractivity contribution in [2.24, 2.45) is 5.92 Å². The fourth-order valence-electron chi connectivity index (χ4n) is 2.86. The average molecular weight is 318 g/mol. The zero-order valence-corrected chi connectivity index (χ0v) is 13.2. The van der Waals surface area contributed by atoms with Crippen LogP contribution in [0, 0.1) is 5.92 Å². The molecule has 2 aromatic heterocycles. The summed E-state index contributed by atoms with van der Waals surface area (Å²) in [6, 6.07) is 1.82. The number of piperidine rings is 1. The minimum atomic E-state index is -0.592. The Kier molecular flexibility index (Phi) is 4.71. The number of aromatic nitrogens is 5. The first-order valence-corrected chi connectivity index (χ1v) is 7.95. The highest BCUT2D eigenvalue weighted by molar-refractivity contribution is 5.75. The molecule has 8 nitrogen and oxygen atoms in total. The predicted molar refractivity (Wildman–Crippen MR) is 82.2 cm³/mol. The van der Waals surface area contributed by atoms with Gasteiger partial charge >= 0.3 is 0 Å². The molecular weight excluding hydrogens is 296 g/mol. The molecular formula is C15H22N6O2. The molecule has 1 fully saturated rings. The number of likely N-dealkylation sites (tertiary alicyclic amines) is 1.